The molecule has 0 aliphatic carbocycles. The Kier molecular flexibility index (Phi) is 3.62. The first-order valence-electron chi connectivity index (χ1n) is 4.44. The van der Waals surface area contributed by atoms with Gasteiger partial charge in [0.15, 0.2) is 0 Å². The van der Waals surface area contributed by atoms with Gasteiger partial charge in [-0.15, -0.1) is 0 Å². The van der Waals surface area contributed by atoms with Gasteiger partial charge in [-0.3, -0.25) is 0 Å². The van der Waals surface area contributed by atoms with Crippen molar-refractivity contribution in [2.75, 3.05) is 5.73 Å². The molecule has 4 nitrogen and oxygen atoms in total. The highest BCUT2D eigenvalue weighted by molar-refractivity contribution is 5.91. The average molecular weight is 246 g/mol. The normalized spacial score (nSPS) is 10.8. The highest BCUT2D eigenvalue weighted by Crippen LogP contribution is 2.18. The summed E-state index contributed by atoms with van der Waals surface area (Å²) in [7, 11) is 0. The number of carbonyl (C=O) groups is 1. The second-order valence-corrected chi connectivity index (χ2v) is 3.09. The maximum absolute atomic E-state index is 10.6. The standard InChI is InChI=1S/C8H8N2.C2HF3O2/c9-8-7-4-2-1-3-6(7)5-10-8;3-2(4,5)1(6)7/h1-5,10H,9H2;(H,6,7). The highest BCUT2D eigenvalue weighted by Gasteiger charge is 2.38. The quantitative estimate of drug-likeness (QED) is 0.667. The molecule has 0 unspecified atom stereocenters. The number of fused-ring (bicyclic) bond motifs is 1. The van der Waals surface area contributed by atoms with Crippen LogP contribution < -0.4 is 5.73 Å². The first-order chi connectivity index (χ1) is 7.82. The Balaban J connectivity index is 0.000000185. The average Bonchev–Trinajstić information content (AvgIpc) is 2.61. The summed E-state index contributed by atoms with van der Waals surface area (Å²) in [5.74, 6) is -2.01. The largest absolute Gasteiger partial charge is 0.490 e. The summed E-state index contributed by atoms with van der Waals surface area (Å²) < 4.78 is 31.7. The second kappa shape index (κ2) is 4.77. The van der Waals surface area contributed by atoms with Crippen molar-refractivity contribution in [2.24, 2.45) is 0 Å². The van der Waals surface area contributed by atoms with Gasteiger partial charge in [0, 0.05) is 17.0 Å². The van der Waals surface area contributed by atoms with Crippen molar-refractivity contribution in [1.29, 1.82) is 0 Å². The number of aromatic nitrogens is 1. The molecule has 4 N–H and O–H groups in total. The maximum atomic E-state index is 10.6. The van der Waals surface area contributed by atoms with Crippen molar-refractivity contribution in [3.05, 3.63) is 30.5 Å². The van der Waals surface area contributed by atoms with Crippen molar-refractivity contribution in [1.82, 2.24) is 4.98 Å². The summed E-state index contributed by atoms with van der Waals surface area (Å²) >= 11 is 0. The molecular weight excluding hydrogens is 237 g/mol. The molecule has 0 aliphatic heterocycles. The van der Waals surface area contributed by atoms with Gasteiger partial charge in [-0.25, -0.2) is 4.79 Å². The van der Waals surface area contributed by atoms with Gasteiger partial charge >= 0.3 is 12.1 Å². The molecule has 0 atom stereocenters. The lowest BCUT2D eigenvalue weighted by molar-refractivity contribution is -0.192. The maximum Gasteiger partial charge on any atom is 0.490 e. The molecule has 7 heteroatoms. The number of nitrogens with two attached hydrogens (primary N) is 1. The van der Waals surface area contributed by atoms with Gasteiger partial charge in [-0.05, 0) is 0 Å². The van der Waals surface area contributed by atoms with Crippen molar-refractivity contribution >= 4 is 22.6 Å². The molecule has 0 spiro atoms. The van der Waals surface area contributed by atoms with E-state index in [1.54, 1.807) is 0 Å². The van der Waals surface area contributed by atoms with Crippen LogP contribution >= 0.6 is 0 Å². The Morgan fingerprint density at radius 1 is 1.29 bits per heavy atom. The molecular formula is C10H9F3N2O2. The smallest absolute Gasteiger partial charge is 0.475 e. The van der Waals surface area contributed by atoms with Crippen molar-refractivity contribution in [3.8, 4) is 0 Å². The minimum absolute atomic E-state index is 0.746. The number of aromatic amines is 1. The molecule has 0 bridgehead atoms. The second-order valence-electron chi connectivity index (χ2n) is 3.09. The zero-order chi connectivity index (χ0) is 13.1. The van der Waals surface area contributed by atoms with Gasteiger partial charge in [-0.1, -0.05) is 24.3 Å². The zero-order valence-corrected chi connectivity index (χ0v) is 8.45. The van der Waals surface area contributed by atoms with Crippen LogP contribution in [0.5, 0.6) is 0 Å². The minimum Gasteiger partial charge on any atom is -0.475 e. The van der Waals surface area contributed by atoms with Crippen LogP contribution in [0, 0.1) is 0 Å². The number of H-pyrrole nitrogens is 1. The summed E-state index contributed by atoms with van der Waals surface area (Å²) in [6.07, 6.45) is -3.18. The van der Waals surface area contributed by atoms with E-state index in [9.17, 15) is 13.2 Å². The third kappa shape index (κ3) is 3.40. The number of carboxylic acids is 1. The fourth-order valence-electron chi connectivity index (χ4n) is 1.10. The number of aliphatic carboxylic acids is 1. The number of alkyl halides is 3. The van der Waals surface area contributed by atoms with Gasteiger partial charge in [0.05, 0.1) is 0 Å². The Labute approximate surface area is 93.9 Å². The third-order valence-corrected chi connectivity index (χ3v) is 1.88. The van der Waals surface area contributed by atoms with Gasteiger partial charge in [0.1, 0.15) is 5.82 Å². The van der Waals surface area contributed by atoms with E-state index in [0.717, 1.165) is 11.2 Å². The summed E-state index contributed by atoms with van der Waals surface area (Å²) in [5.41, 5.74) is 5.62. The molecule has 0 amide bonds. The van der Waals surface area contributed by atoms with Crippen molar-refractivity contribution in [3.63, 3.8) is 0 Å². The lowest BCUT2D eigenvalue weighted by Gasteiger charge is -1.93. The number of halogens is 3. The van der Waals surface area contributed by atoms with E-state index < -0.39 is 12.1 Å². The fourth-order valence-corrected chi connectivity index (χ4v) is 1.10. The van der Waals surface area contributed by atoms with Crippen LogP contribution in [0.4, 0.5) is 19.0 Å². The monoisotopic (exact) mass is 246 g/mol. The molecule has 0 saturated heterocycles. The van der Waals surface area contributed by atoms with Crippen LogP contribution in [0.1, 0.15) is 0 Å². The molecule has 1 heterocycles. The van der Waals surface area contributed by atoms with Crippen LogP contribution in [-0.2, 0) is 4.79 Å². The topological polar surface area (TPSA) is 79.1 Å². The molecule has 2 rings (SSSR count). The predicted molar refractivity (Wildman–Crippen MR) is 56.4 cm³/mol. The van der Waals surface area contributed by atoms with Crippen LogP contribution in [0.2, 0.25) is 0 Å². The number of rotatable bonds is 0. The van der Waals surface area contributed by atoms with E-state index >= 15 is 0 Å². The van der Waals surface area contributed by atoms with E-state index in [-0.39, 0.29) is 0 Å². The first-order valence-corrected chi connectivity index (χ1v) is 4.44. The molecule has 92 valence electrons. The van der Waals surface area contributed by atoms with E-state index in [1.165, 1.54) is 5.39 Å². The predicted octanol–water partition coefficient (Wildman–Crippen LogP) is 2.38. The number of anilines is 1. The van der Waals surface area contributed by atoms with Crippen LogP contribution in [0.15, 0.2) is 30.5 Å². The molecule has 17 heavy (non-hydrogen) atoms. The molecule has 1 aromatic heterocycles. The van der Waals surface area contributed by atoms with Crippen LogP contribution in [-0.4, -0.2) is 22.2 Å². The molecule has 0 aliphatic rings. The third-order valence-electron chi connectivity index (χ3n) is 1.88. The Hall–Kier alpha value is -2.18. The molecule has 0 fully saturated rings. The Morgan fingerprint density at radius 2 is 1.82 bits per heavy atom. The number of nitrogens with one attached hydrogen (secondary N) is 1. The van der Waals surface area contributed by atoms with Gasteiger partial charge in [-0.2, -0.15) is 13.2 Å². The SMILES string of the molecule is Nc1[nH]cc2ccccc12.O=C(O)C(F)(F)F. The molecule has 0 radical (unpaired) electrons. The number of nitrogen functional groups attached to an aromatic ring is 1. The summed E-state index contributed by atoms with van der Waals surface area (Å²) in [6, 6.07) is 8.01. The van der Waals surface area contributed by atoms with Crippen LogP contribution in [0.3, 0.4) is 0 Å². The van der Waals surface area contributed by atoms with E-state index in [2.05, 4.69) is 4.98 Å². The zero-order valence-electron chi connectivity index (χ0n) is 8.45. The van der Waals surface area contributed by atoms with E-state index in [0.29, 0.717) is 0 Å². The highest BCUT2D eigenvalue weighted by atomic mass is 19.4. The molecule has 2 aromatic rings. The Morgan fingerprint density at radius 3 is 2.29 bits per heavy atom. The van der Waals surface area contributed by atoms with E-state index in [4.69, 9.17) is 15.6 Å². The van der Waals surface area contributed by atoms with Gasteiger partial charge in [0.2, 0.25) is 0 Å². The summed E-state index contributed by atoms with van der Waals surface area (Å²) in [5, 5.41) is 9.39. The molecule has 1 aromatic carbocycles. The number of benzene rings is 1. The van der Waals surface area contributed by atoms with Crippen molar-refractivity contribution in [2.45, 2.75) is 6.18 Å². The lowest BCUT2D eigenvalue weighted by Crippen LogP contribution is -2.21. The fraction of sp³-hybridized carbons (Fsp3) is 0.100. The van der Waals surface area contributed by atoms with Crippen molar-refractivity contribution < 1.29 is 23.1 Å². The summed E-state index contributed by atoms with van der Waals surface area (Å²) in [4.78, 5) is 11.9. The minimum atomic E-state index is -5.08. The first kappa shape index (κ1) is 12.9. The lowest BCUT2D eigenvalue weighted by atomic mass is 10.2. The number of carboxylic acid groups (broad SMARTS) is 1. The molecule has 0 saturated carbocycles. The van der Waals surface area contributed by atoms with Gasteiger partial charge in [0.25, 0.3) is 0 Å². The number of hydrogen-bond donors (Lipinski definition) is 3. The van der Waals surface area contributed by atoms with Crippen LogP contribution in [0.25, 0.3) is 10.8 Å². The summed E-state index contributed by atoms with van der Waals surface area (Å²) in [6.45, 7) is 0. The van der Waals surface area contributed by atoms with E-state index in [1.807, 2.05) is 30.5 Å². The van der Waals surface area contributed by atoms with Gasteiger partial charge < -0.3 is 15.8 Å². The number of hydrogen-bond acceptors (Lipinski definition) is 2. The Bertz CT molecular complexity index is 519.